The third-order valence-electron chi connectivity index (χ3n) is 1.40. The fourth-order valence-electron chi connectivity index (χ4n) is 0.766. The van der Waals surface area contributed by atoms with Gasteiger partial charge in [0, 0.05) is 0 Å². The molecule has 0 aliphatic carbocycles. The summed E-state index contributed by atoms with van der Waals surface area (Å²) >= 11 is 0. The lowest BCUT2D eigenvalue weighted by Crippen LogP contribution is -2.04. The van der Waals surface area contributed by atoms with Gasteiger partial charge >= 0.3 is 0 Å². The Morgan fingerprint density at radius 1 is 1.50 bits per heavy atom. The van der Waals surface area contributed by atoms with Gasteiger partial charge in [0.15, 0.2) is 0 Å². The van der Waals surface area contributed by atoms with Crippen molar-refractivity contribution in [1.82, 2.24) is 10.3 Å². The largest absolute Gasteiger partial charge is 0.444 e. The molecule has 0 radical (unpaired) electrons. The maximum atomic E-state index is 5.28. The van der Waals surface area contributed by atoms with E-state index in [4.69, 9.17) is 4.42 Å². The van der Waals surface area contributed by atoms with Crippen molar-refractivity contribution >= 4 is 0 Å². The van der Waals surface area contributed by atoms with E-state index in [1.807, 2.05) is 20.9 Å². The van der Waals surface area contributed by atoms with Crippen LogP contribution in [0.15, 0.2) is 4.42 Å². The summed E-state index contributed by atoms with van der Waals surface area (Å²) in [6.45, 7) is 4.56. The number of hydrogen-bond donors (Lipinski definition) is 1. The first-order valence-electron chi connectivity index (χ1n) is 3.31. The van der Waals surface area contributed by atoms with Crippen molar-refractivity contribution in [3.63, 3.8) is 0 Å². The van der Waals surface area contributed by atoms with Crippen LogP contribution in [0.4, 0.5) is 0 Å². The monoisotopic (exact) mass is 140 g/mol. The number of aromatic nitrogens is 1. The standard InChI is InChI=1S/C7H12N2O/c1-5-6(2)10-7(9-5)4-8-3/h8H,4H2,1-3H3. The van der Waals surface area contributed by atoms with Crippen LogP contribution in [-0.4, -0.2) is 12.0 Å². The lowest BCUT2D eigenvalue weighted by molar-refractivity contribution is 0.458. The highest BCUT2D eigenvalue weighted by Gasteiger charge is 2.02. The van der Waals surface area contributed by atoms with E-state index < -0.39 is 0 Å². The van der Waals surface area contributed by atoms with Crippen molar-refractivity contribution in [3.05, 3.63) is 17.3 Å². The summed E-state index contributed by atoms with van der Waals surface area (Å²) in [5.74, 6) is 1.67. The topological polar surface area (TPSA) is 38.1 Å². The molecule has 0 unspecified atom stereocenters. The Morgan fingerprint density at radius 3 is 2.60 bits per heavy atom. The van der Waals surface area contributed by atoms with Gasteiger partial charge in [-0.3, -0.25) is 0 Å². The SMILES string of the molecule is CNCc1nc(C)c(C)o1. The molecule has 1 heterocycles. The average molecular weight is 140 g/mol. The van der Waals surface area contributed by atoms with Crippen LogP contribution in [0.1, 0.15) is 17.3 Å². The molecule has 1 aromatic heterocycles. The summed E-state index contributed by atoms with van der Waals surface area (Å²) < 4.78 is 5.28. The molecule has 1 N–H and O–H groups in total. The zero-order valence-corrected chi connectivity index (χ0v) is 6.56. The molecule has 0 amide bonds. The Balaban J connectivity index is 2.77. The van der Waals surface area contributed by atoms with Gasteiger partial charge < -0.3 is 9.73 Å². The smallest absolute Gasteiger partial charge is 0.208 e. The number of aryl methyl sites for hydroxylation is 2. The predicted molar refractivity (Wildman–Crippen MR) is 38.7 cm³/mol. The Hall–Kier alpha value is -0.830. The van der Waals surface area contributed by atoms with Crippen LogP contribution in [0.5, 0.6) is 0 Å². The predicted octanol–water partition coefficient (Wildman–Crippen LogP) is 1.01. The molecule has 0 bridgehead atoms. The van der Waals surface area contributed by atoms with Crippen molar-refractivity contribution in [3.8, 4) is 0 Å². The molecule has 0 atom stereocenters. The molecular weight excluding hydrogens is 128 g/mol. The lowest BCUT2D eigenvalue weighted by atomic mass is 10.4. The number of hydrogen-bond acceptors (Lipinski definition) is 3. The van der Waals surface area contributed by atoms with E-state index in [0.717, 1.165) is 17.3 Å². The molecule has 10 heavy (non-hydrogen) atoms. The lowest BCUT2D eigenvalue weighted by Gasteiger charge is -1.88. The van der Waals surface area contributed by atoms with E-state index in [1.165, 1.54) is 0 Å². The van der Waals surface area contributed by atoms with Crippen molar-refractivity contribution in [2.75, 3.05) is 7.05 Å². The van der Waals surface area contributed by atoms with Gasteiger partial charge in [0.25, 0.3) is 0 Å². The minimum atomic E-state index is 0.703. The first-order chi connectivity index (χ1) is 4.74. The molecule has 0 aliphatic heterocycles. The van der Waals surface area contributed by atoms with E-state index in [-0.39, 0.29) is 0 Å². The Bertz CT molecular complexity index is 198. The molecule has 0 saturated carbocycles. The van der Waals surface area contributed by atoms with E-state index >= 15 is 0 Å². The number of oxazole rings is 1. The summed E-state index contributed by atoms with van der Waals surface area (Å²) in [4.78, 5) is 4.17. The molecule has 56 valence electrons. The maximum Gasteiger partial charge on any atom is 0.208 e. The zero-order valence-electron chi connectivity index (χ0n) is 6.56. The minimum absolute atomic E-state index is 0.703. The van der Waals surface area contributed by atoms with Crippen LogP contribution in [0.25, 0.3) is 0 Å². The Morgan fingerprint density at radius 2 is 2.20 bits per heavy atom. The molecule has 3 heteroatoms. The summed E-state index contributed by atoms with van der Waals surface area (Å²) in [6.07, 6.45) is 0. The highest BCUT2D eigenvalue weighted by atomic mass is 16.4. The van der Waals surface area contributed by atoms with Crippen LogP contribution >= 0.6 is 0 Å². The maximum absolute atomic E-state index is 5.28. The summed E-state index contributed by atoms with van der Waals surface area (Å²) in [6, 6.07) is 0. The average Bonchev–Trinajstić information content (AvgIpc) is 2.14. The fourth-order valence-corrected chi connectivity index (χ4v) is 0.766. The molecule has 1 rings (SSSR count). The van der Waals surface area contributed by atoms with Crippen molar-refractivity contribution in [1.29, 1.82) is 0 Å². The second kappa shape index (κ2) is 2.84. The Labute approximate surface area is 60.5 Å². The van der Waals surface area contributed by atoms with E-state index in [0.29, 0.717) is 6.54 Å². The van der Waals surface area contributed by atoms with Gasteiger partial charge in [0.05, 0.1) is 12.2 Å². The number of nitrogens with one attached hydrogen (secondary N) is 1. The van der Waals surface area contributed by atoms with Gasteiger partial charge in [-0.25, -0.2) is 4.98 Å². The van der Waals surface area contributed by atoms with Crippen molar-refractivity contribution in [2.24, 2.45) is 0 Å². The molecular formula is C7H12N2O. The van der Waals surface area contributed by atoms with E-state index in [9.17, 15) is 0 Å². The van der Waals surface area contributed by atoms with Crippen molar-refractivity contribution < 1.29 is 4.42 Å². The van der Waals surface area contributed by atoms with Gasteiger partial charge in [-0.1, -0.05) is 0 Å². The molecule has 0 aromatic carbocycles. The summed E-state index contributed by atoms with van der Waals surface area (Å²) in [7, 11) is 1.87. The highest BCUT2D eigenvalue weighted by Crippen LogP contribution is 2.06. The molecule has 1 aromatic rings. The molecule has 0 aliphatic rings. The minimum Gasteiger partial charge on any atom is -0.444 e. The van der Waals surface area contributed by atoms with Crippen LogP contribution in [0, 0.1) is 13.8 Å². The fraction of sp³-hybridized carbons (Fsp3) is 0.571. The summed E-state index contributed by atoms with van der Waals surface area (Å²) in [5.41, 5.74) is 0.977. The van der Waals surface area contributed by atoms with Crippen LogP contribution in [0.3, 0.4) is 0 Å². The van der Waals surface area contributed by atoms with Crippen LogP contribution in [0.2, 0.25) is 0 Å². The first kappa shape index (κ1) is 7.28. The van der Waals surface area contributed by atoms with Gasteiger partial charge in [-0.15, -0.1) is 0 Å². The van der Waals surface area contributed by atoms with Gasteiger partial charge in [-0.05, 0) is 20.9 Å². The van der Waals surface area contributed by atoms with Gasteiger partial charge in [0.2, 0.25) is 5.89 Å². The van der Waals surface area contributed by atoms with Gasteiger partial charge in [-0.2, -0.15) is 0 Å². The number of nitrogens with zero attached hydrogens (tertiary/aromatic N) is 1. The summed E-state index contributed by atoms with van der Waals surface area (Å²) in [5, 5.41) is 2.97. The third-order valence-corrected chi connectivity index (χ3v) is 1.40. The van der Waals surface area contributed by atoms with E-state index in [2.05, 4.69) is 10.3 Å². The molecule has 3 nitrogen and oxygen atoms in total. The first-order valence-corrected chi connectivity index (χ1v) is 3.31. The highest BCUT2D eigenvalue weighted by molar-refractivity contribution is 5.04. The normalized spacial score (nSPS) is 10.3. The van der Waals surface area contributed by atoms with Crippen molar-refractivity contribution in [2.45, 2.75) is 20.4 Å². The quantitative estimate of drug-likeness (QED) is 0.666. The second-order valence-electron chi connectivity index (χ2n) is 2.28. The zero-order chi connectivity index (χ0) is 7.56. The second-order valence-corrected chi connectivity index (χ2v) is 2.28. The van der Waals surface area contributed by atoms with E-state index in [1.54, 1.807) is 0 Å². The number of rotatable bonds is 2. The van der Waals surface area contributed by atoms with Gasteiger partial charge in [0.1, 0.15) is 5.76 Å². The Kier molecular flexibility index (Phi) is 2.06. The molecule has 0 spiro atoms. The third kappa shape index (κ3) is 1.36. The van der Waals surface area contributed by atoms with Crippen LogP contribution in [-0.2, 0) is 6.54 Å². The molecule has 0 saturated heterocycles. The van der Waals surface area contributed by atoms with Crippen LogP contribution < -0.4 is 5.32 Å². The molecule has 0 fully saturated rings.